The van der Waals surface area contributed by atoms with E-state index < -0.39 is 12.2 Å². The van der Waals surface area contributed by atoms with Crippen LogP contribution in [0.5, 0.6) is 0 Å². The normalized spacial score (nSPS) is 13.9. The fourth-order valence-corrected chi connectivity index (χ4v) is 2.10. The minimum absolute atomic E-state index is 0.395. The Kier molecular flexibility index (Phi) is 5.74. The molecule has 0 saturated heterocycles. The second-order valence-electron chi connectivity index (χ2n) is 4.55. The molecule has 0 fully saturated rings. The summed E-state index contributed by atoms with van der Waals surface area (Å²) in [5.74, 6) is 0. The zero-order chi connectivity index (χ0) is 14.2. The molecule has 0 bridgehead atoms. The van der Waals surface area contributed by atoms with Gasteiger partial charge in [0.05, 0.1) is 13.2 Å². The van der Waals surface area contributed by atoms with E-state index in [2.05, 4.69) is 0 Å². The van der Waals surface area contributed by atoms with Gasteiger partial charge in [-0.1, -0.05) is 60.7 Å². The molecule has 2 atom stereocenters. The molecule has 3 nitrogen and oxygen atoms in total. The zero-order valence-electron chi connectivity index (χ0n) is 11.6. The van der Waals surface area contributed by atoms with Crippen molar-refractivity contribution in [2.75, 3.05) is 20.3 Å². The second kappa shape index (κ2) is 7.80. The molecular formula is C17H20O3. The van der Waals surface area contributed by atoms with Crippen LogP contribution in [0.15, 0.2) is 60.7 Å². The number of hydrogen-bond acceptors (Lipinski definition) is 3. The Balaban J connectivity index is 2.17. The van der Waals surface area contributed by atoms with Crippen molar-refractivity contribution in [1.82, 2.24) is 0 Å². The van der Waals surface area contributed by atoms with Crippen LogP contribution in [0.25, 0.3) is 0 Å². The minimum Gasteiger partial charge on any atom is -0.385 e. The molecule has 0 radical (unpaired) electrons. The summed E-state index contributed by atoms with van der Waals surface area (Å²) in [6.07, 6.45) is -1.09. The lowest BCUT2D eigenvalue weighted by Crippen LogP contribution is -2.17. The lowest BCUT2D eigenvalue weighted by molar-refractivity contribution is -0.0553. The van der Waals surface area contributed by atoms with Crippen LogP contribution in [0.2, 0.25) is 0 Å². The van der Waals surface area contributed by atoms with E-state index in [0.717, 1.165) is 11.1 Å². The van der Waals surface area contributed by atoms with Crippen molar-refractivity contribution in [2.45, 2.75) is 12.2 Å². The third-order valence-electron chi connectivity index (χ3n) is 3.14. The van der Waals surface area contributed by atoms with E-state index in [0.29, 0.717) is 13.2 Å². The number of rotatable bonds is 7. The molecule has 0 amide bonds. The van der Waals surface area contributed by atoms with Gasteiger partial charge in [-0.2, -0.15) is 0 Å². The maximum absolute atomic E-state index is 10.6. The van der Waals surface area contributed by atoms with Crippen LogP contribution in [0.1, 0.15) is 23.3 Å². The first-order valence-electron chi connectivity index (χ1n) is 6.71. The Hall–Kier alpha value is -1.68. The highest BCUT2D eigenvalue weighted by molar-refractivity contribution is 5.25. The quantitative estimate of drug-likeness (QED) is 0.787. The van der Waals surface area contributed by atoms with E-state index >= 15 is 0 Å². The first kappa shape index (κ1) is 14.7. The van der Waals surface area contributed by atoms with Crippen LogP contribution in [0.3, 0.4) is 0 Å². The van der Waals surface area contributed by atoms with E-state index in [1.165, 1.54) is 0 Å². The fraction of sp³-hybridized carbons (Fsp3) is 0.294. The number of hydrogen-bond donors (Lipinski definition) is 1. The third kappa shape index (κ3) is 3.90. The van der Waals surface area contributed by atoms with Gasteiger partial charge in [0, 0.05) is 7.11 Å². The van der Waals surface area contributed by atoms with Gasteiger partial charge in [0.25, 0.3) is 0 Å². The van der Waals surface area contributed by atoms with Crippen LogP contribution < -0.4 is 0 Å². The fourth-order valence-electron chi connectivity index (χ4n) is 2.10. The van der Waals surface area contributed by atoms with Gasteiger partial charge in [-0.05, 0) is 11.1 Å². The van der Waals surface area contributed by atoms with Gasteiger partial charge < -0.3 is 14.6 Å². The van der Waals surface area contributed by atoms with E-state index in [1.54, 1.807) is 7.11 Å². The van der Waals surface area contributed by atoms with E-state index in [-0.39, 0.29) is 0 Å². The van der Waals surface area contributed by atoms with Gasteiger partial charge in [0.1, 0.15) is 12.2 Å². The maximum atomic E-state index is 10.6. The van der Waals surface area contributed by atoms with Gasteiger partial charge in [-0.3, -0.25) is 0 Å². The monoisotopic (exact) mass is 272 g/mol. The third-order valence-corrected chi connectivity index (χ3v) is 3.14. The van der Waals surface area contributed by atoms with Crippen molar-refractivity contribution < 1.29 is 14.6 Å². The first-order valence-corrected chi connectivity index (χ1v) is 6.71. The van der Waals surface area contributed by atoms with Crippen molar-refractivity contribution in [1.29, 1.82) is 0 Å². The van der Waals surface area contributed by atoms with Gasteiger partial charge in [0.15, 0.2) is 0 Å². The zero-order valence-corrected chi connectivity index (χ0v) is 11.6. The molecule has 0 aliphatic rings. The number of ether oxygens (including phenoxy) is 2. The van der Waals surface area contributed by atoms with Crippen molar-refractivity contribution >= 4 is 0 Å². The standard InChI is InChI=1S/C17H20O3/c1-19-12-13-20-17(15-10-6-3-7-11-15)16(18)14-8-4-2-5-9-14/h2-11,16-18H,12-13H2,1H3/t16-,17+/m0/s1. The van der Waals surface area contributed by atoms with E-state index in [4.69, 9.17) is 9.47 Å². The molecule has 0 heterocycles. The predicted molar refractivity (Wildman–Crippen MR) is 78.4 cm³/mol. The topological polar surface area (TPSA) is 38.7 Å². The molecule has 0 spiro atoms. The van der Waals surface area contributed by atoms with Crippen molar-refractivity contribution in [3.8, 4) is 0 Å². The van der Waals surface area contributed by atoms with Crippen LogP contribution >= 0.6 is 0 Å². The van der Waals surface area contributed by atoms with Gasteiger partial charge >= 0.3 is 0 Å². The first-order chi connectivity index (χ1) is 9.83. The summed E-state index contributed by atoms with van der Waals surface area (Å²) in [7, 11) is 1.63. The molecule has 1 N–H and O–H groups in total. The molecule has 20 heavy (non-hydrogen) atoms. The molecule has 2 aromatic rings. The highest BCUT2D eigenvalue weighted by Crippen LogP contribution is 2.31. The van der Waals surface area contributed by atoms with E-state index in [1.807, 2.05) is 60.7 Å². The molecule has 2 aromatic carbocycles. The summed E-state index contributed by atoms with van der Waals surface area (Å²) in [5.41, 5.74) is 1.80. The summed E-state index contributed by atoms with van der Waals surface area (Å²) >= 11 is 0. The molecule has 2 rings (SSSR count). The van der Waals surface area contributed by atoms with Crippen LogP contribution in [-0.4, -0.2) is 25.4 Å². The van der Waals surface area contributed by atoms with Gasteiger partial charge in [-0.15, -0.1) is 0 Å². The maximum Gasteiger partial charge on any atom is 0.113 e. The van der Waals surface area contributed by atoms with Crippen molar-refractivity contribution in [2.24, 2.45) is 0 Å². The summed E-state index contributed by atoms with van der Waals surface area (Å²) < 4.78 is 10.8. The second-order valence-corrected chi connectivity index (χ2v) is 4.55. The van der Waals surface area contributed by atoms with Crippen LogP contribution in [0, 0.1) is 0 Å². The average Bonchev–Trinajstić information content (AvgIpc) is 2.53. The largest absolute Gasteiger partial charge is 0.385 e. The summed E-state index contributed by atoms with van der Waals surface area (Å²) in [6.45, 7) is 0.949. The summed E-state index contributed by atoms with van der Waals surface area (Å²) in [4.78, 5) is 0. The number of benzene rings is 2. The van der Waals surface area contributed by atoms with Crippen molar-refractivity contribution in [3.63, 3.8) is 0 Å². The SMILES string of the molecule is COCCO[C@H](c1ccccc1)[C@@H](O)c1ccccc1. The smallest absolute Gasteiger partial charge is 0.113 e. The average molecular weight is 272 g/mol. The lowest BCUT2D eigenvalue weighted by Gasteiger charge is -2.24. The Morgan fingerprint density at radius 3 is 1.95 bits per heavy atom. The minimum atomic E-state index is -0.699. The Bertz CT molecular complexity index is 484. The van der Waals surface area contributed by atoms with E-state index in [9.17, 15) is 5.11 Å². The van der Waals surface area contributed by atoms with Gasteiger partial charge in [0.2, 0.25) is 0 Å². The molecule has 106 valence electrons. The number of methoxy groups -OCH3 is 1. The summed E-state index contributed by atoms with van der Waals surface area (Å²) in [5, 5.41) is 10.6. The molecule has 0 aliphatic carbocycles. The Morgan fingerprint density at radius 2 is 1.40 bits per heavy atom. The molecule has 0 aliphatic heterocycles. The Morgan fingerprint density at radius 1 is 0.850 bits per heavy atom. The number of aliphatic hydroxyl groups excluding tert-OH is 1. The highest BCUT2D eigenvalue weighted by atomic mass is 16.5. The molecular weight excluding hydrogens is 252 g/mol. The van der Waals surface area contributed by atoms with Crippen LogP contribution in [-0.2, 0) is 9.47 Å². The molecule has 3 heteroatoms. The van der Waals surface area contributed by atoms with Gasteiger partial charge in [-0.25, -0.2) is 0 Å². The molecule has 0 aromatic heterocycles. The molecule has 0 saturated carbocycles. The van der Waals surface area contributed by atoms with Crippen molar-refractivity contribution in [3.05, 3.63) is 71.8 Å². The lowest BCUT2D eigenvalue weighted by atomic mass is 9.98. The predicted octanol–water partition coefficient (Wildman–Crippen LogP) is 3.12. The highest BCUT2D eigenvalue weighted by Gasteiger charge is 2.23. The summed E-state index contributed by atoms with van der Waals surface area (Å²) in [6, 6.07) is 19.3. The number of aliphatic hydroxyl groups is 1. The molecule has 0 unspecified atom stereocenters. The van der Waals surface area contributed by atoms with Crippen LogP contribution in [0.4, 0.5) is 0 Å². The Labute approximate surface area is 119 Å².